The summed E-state index contributed by atoms with van der Waals surface area (Å²) in [5, 5.41) is 7.52. The minimum absolute atomic E-state index is 0.106. The minimum Gasteiger partial charge on any atom is -0.352 e. The highest BCUT2D eigenvalue weighted by atomic mass is 16.1. The van der Waals surface area contributed by atoms with E-state index in [9.17, 15) is 9.59 Å². The van der Waals surface area contributed by atoms with Crippen LogP contribution in [0.5, 0.6) is 0 Å². The summed E-state index contributed by atoms with van der Waals surface area (Å²) < 4.78 is 1.75. The van der Waals surface area contributed by atoms with E-state index in [1.807, 2.05) is 6.92 Å². The molecular formula is C25H28N4O2. The van der Waals surface area contributed by atoms with Gasteiger partial charge in [0, 0.05) is 19.2 Å². The molecule has 0 saturated carbocycles. The number of nitrogens with zero attached hydrogens (tertiary/aromatic N) is 3. The SMILES string of the molecule is Cc1ccc(CCNC(=O)c2ccc(-n3nc(C)c4c3CC(C)(C)CC4=O)nc2)cc1. The number of carbonyl (C=O) groups excluding carboxylic acids is 2. The van der Waals surface area contributed by atoms with Gasteiger partial charge in [0.1, 0.15) is 0 Å². The number of aryl methyl sites for hydroxylation is 2. The maximum absolute atomic E-state index is 12.6. The summed E-state index contributed by atoms with van der Waals surface area (Å²) in [6, 6.07) is 11.8. The van der Waals surface area contributed by atoms with Crippen molar-refractivity contribution in [1.29, 1.82) is 0 Å². The second-order valence-corrected chi connectivity index (χ2v) is 9.16. The summed E-state index contributed by atoms with van der Waals surface area (Å²) in [5.41, 5.74) is 5.17. The number of hydrogen-bond donors (Lipinski definition) is 1. The molecule has 0 radical (unpaired) electrons. The molecule has 6 nitrogen and oxygen atoms in total. The number of aromatic nitrogens is 3. The zero-order valence-electron chi connectivity index (χ0n) is 18.5. The molecule has 1 aliphatic rings. The number of pyridine rings is 1. The number of ketones is 1. The van der Waals surface area contributed by atoms with Crippen LogP contribution in [0.3, 0.4) is 0 Å². The highest BCUT2D eigenvalue weighted by Crippen LogP contribution is 2.36. The highest BCUT2D eigenvalue weighted by molar-refractivity contribution is 6.00. The van der Waals surface area contributed by atoms with Crippen LogP contribution in [0.15, 0.2) is 42.6 Å². The van der Waals surface area contributed by atoms with Crippen molar-refractivity contribution in [2.24, 2.45) is 5.41 Å². The number of nitrogens with one attached hydrogen (secondary N) is 1. The fraction of sp³-hybridized carbons (Fsp3) is 0.360. The molecule has 1 amide bonds. The van der Waals surface area contributed by atoms with Crippen LogP contribution in [-0.4, -0.2) is 33.0 Å². The van der Waals surface area contributed by atoms with Crippen molar-refractivity contribution in [2.75, 3.05) is 6.54 Å². The van der Waals surface area contributed by atoms with Gasteiger partial charge in [0.2, 0.25) is 0 Å². The van der Waals surface area contributed by atoms with Crippen LogP contribution in [0, 0.1) is 19.3 Å². The van der Waals surface area contributed by atoms with E-state index in [2.05, 4.69) is 60.4 Å². The standard InChI is InChI=1S/C25H28N4O2/c1-16-5-7-18(8-6-16)11-12-26-24(31)19-9-10-22(27-15-19)29-20-13-25(3,4)14-21(30)23(20)17(2)28-29/h5-10,15H,11-14H2,1-4H3,(H,26,31). The lowest BCUT2D eigenvalue weighted by atomic mass is 9.75. The summed E-state index contributed by atoms with van der Waals surface area (Å²) in [4.78, 5) is 29.6. The largest absolute Gasteiger partial charge is 0.352 e. The minimum atomic E-state index is -0.152. The van der Waals surface area contributed by atoms with Crippen molar-refractivity contribution >= 4 is 11.7 Å². The van der Waals surface area contributed by atoms with Crippen molar-refractivity contribution in [3.05, 3.63) is 76.2 Å². The Morgan fingerprint density at radius 3 is 2.52 bits per heavy atom. The Labute approximate surface area is 182 Å². The number of rotatable bonds is 5. The first-order valence-electron chi connectivity index (χ1n) is 10.7. The molecule has 6 heteroatoms. The number of carbonyl (C=O) groups is 2. The first-order chi connectivity index (χ1) is 14.7. The van der Waals surface area contributed by atoms with E-state index in [0.29, 0.717) is 24.3 Å². The summed E-state index contributed by atoms with van der Waals surface area (Å²) in [7, 11) is 0. The van der Waals surface area contributed by atoms with Gasteiger partial charge >= 0.3 is 0 Å². The van der Waals surface area contributed by atoms with E-state index in [-0.39, 0.29) is 17.1 Å². The van der Waals surface area contributed by atoms with Crippen LogP contribution in [0.2, 0.25) is 0 Å². The maximum Gasteiger partial charge on any atom is 0.252 e. The normalized spacial score (nSPS) is 14.9. The van der Waals surface area contributed by atoms with E-state index in [0.717, 1.165) is 29.8 Å². The van der Waals surface area contributed by atoms with E-state index >= 15 is 0 Å². The van der Waals surface area contributed by atoms with Crippen molar-refractivity contribution in [3.63, 3.8) is 0 Å². The Bertz CT molecular complexity index is 1130. The highest BCUT2D eigenvalue weighted by Gasteiger charge is 2.35. The average Bonchev–Trinajstić information content (AvgIpc) is 3.04. The molecule has 2 aromatic heterocycles. The molecule has 1 N–H and O–H groups in total. The topological polar surface area (TPSA) is 76.9 Å². The summed E-state index contributed by atoms with van der Waals surface area (Å²) >= 11 is 0. The van der Waals surface area contributed by atoms with Crippen LogP contribution >= 0.6 is 0 Å². The van der Waals surface area contributed by atoms with Gasteiger partial charge in [-0.3, -0.25) is 9.59 Å². The molecule has 0 unspecified atom stereocenters. The van der Waals surface area contributed by atoms with E-state index in [1.54, 1.807) is 23.0 Å². The molecule has 3 aromatic rings. The first-order valence-corrected chi connectivity index (χ1v) is 10.7. The number of Topliss-reactive ketones (excluding diaryl/α,β-unsaturated/α-hetero) is 1. The Balaban J connectivity index is 1.46. The van der Waals surface area contributed by atoms with Crippen LogP contribution in [-0.2, 0) is 12.8 Å². The molecule has 0 fully saturated rings. The number of fused-ring (bicyclic) bond motifs is 1. The quantitative estimate of drug-likeness (QED) is 0.682. The van der Waals surface area contributed by atoms with Gasteiger partial charge in [-0.2, -0.15) is 5.10 Å². The number of amides is 1. The summed E-state index contributed by atoms with van der Waals surface area (Å²) in [6.07, 6.45) is 3.63. The predicted molar refractivity (Wildman–Crippen MR) is 120 cm³/mol. The van der Waals surface area contributed by atoms with Gasteiger partial charge in [0.25, 0.3) is 5.91 Å². The maximum atomic E-state index is 12.6. The monoisotopic (exact) mass is 416 g/mol. The zero-order valence-corrected chi connectivity index (χ0v) is 18.5. The summed E-state index contributed by atoms with van der Waals surface area (Å²) in [5.74, 6) is 0.603. The molecule has 0 bridgehead atoms. The molecule has 1 aliphatic carbocycles. The molecule has 0 aliphatic heterocycles. The Kier molecular flexibility index (Phi) is 5.48. The number of benzene rings is 1. The van der Waals surface area contributed by atoms with Gasteiger partial charge < -0.3 is 5.32 Å². The third-order valence-corrected chi connectivity index (χ3v) is 5.77. The molecule has 0 spiro atoms. The van der Waals surface area contributed by atoms with Crippen LogP contribution in [0.1, 0.15) is 63.5 Å². The molecule has 0 saturated heterocycles. The van der Waals surface area contributed by atoms with E-state index < -0.39 is 0 Å². The molecule has 0 atom stereocenters. The van der Waals surface area contributed by atoms with Crippen molar-refractivity contribution in [1.82, 2.24) is 20.1 Å². The predicted octanol–water partition coefficient (Wildman–Crippen LogP) is 4.01. The van der Waals surface area contributed by atoms with E-state index in [1.165, 1.54) is 11.1 Å². The van der Waals surface area contributed by atoms with Crippen LogP contribution in [0.25, 0.3) is 5.82 Å². The van der Waals surface area contributed by atoms with Crippen LogP contribution in [0.4, 0.5) is 0 Å². The van der Waals surface area contributed by atoms with Gasteiger partial charge in [-0.15, -0.1) is 0 Å². The smallest absolute Gasteiger partial charge is 0.252 e. The molecule has 160 valence electrons. The lowest BCUT2D eigenvalue weighted by Gasteiger charge is -2.29. The molecular weight excluding hydrogens is 388 g/mol. The second-order valence-electron chi connectivity index (χ2n) is 9.16. The lowest BCUT2D eigenvalue weighted by molar-refractivity contribution is 0.0908. The van der Waals surface area contributed by atoms with Gasteiger partial charge in [0.05, 0.1) is 22.5 Å². The fourth-order valence-corrected chi connectivity index (χ4v) is 4.15. The molecule has 31 heavy (non-hydrogen) atoms. The van der Waals surface area contributed by atoms with Gasteiger partial charge in [0.15, 0.2) is 11.6 Å². The second kappa shape index (κ2) is 8.10. The molecule has 4 rings (SSSR count). The Morgan fingerprint density at radius 1 is 1.10 bits per heavy atom. The fourth-order valence-electron chi connectivity index (χ4n) is 4.15. The Morgan fingerprint density at radius 2 is 1.84 bits per heavy atom. The Hall–Kier alpha value is -3.28. The van der Waals surface area contributed by atoms with E-state index in [4.69, 9.17) is 0 Å². The third kappa shape index (κ3) is 4.43. The summed E-state index contributed by atoms with van der Waals surface area (Å²) in [6.45, 7) is 8.67. The van der Waals surface area contributed by atoms with Gasteiger partial charge in [-0.1, -0.05) is 43.7 Å². The number of hydrogen-bond acceptors (Lipinski definition) is 4. The average molecular weight is 417 g/mol. The zero-order chi connectivity index (χ0) is 22.2. The van der Waals surface area contributed by atoms with Crippen LogP contribution < -0.4 is 5.32 Å². The van der Waals surface area contributed by atoms with Crippen molar-refractivity contribution < 1.29 is 9.59 Å². The molecule has 1 aromatic carbocycles. The third-order valence-electron chi connectivity index (χ3n) is 5.77. The van der Waals surface area contributed by atoms with Crippen molar-refractivity contribution in [3.8, 4) is 5.82 Å². The first kappa shape index (κ1) is 21.0. The lowest BCUT2D eigenvalue weighted by Crippen LogP contribution is -2.28. The van der Waals surface area contributed by atoms with Crippen molar-refractivity contribution in [2.45, 2.75) is 47.0 Å². The van der Waals surface area contributed by atoms with Gasteiger partial charge in [-0.05, 0) is 49.8 Å². The molecule has 2 heterocycles. The van der Waals surface area contributed by atoms with Gasteiger partial charge in [-0.25, -0.2) is 9.67 Å².